The highest BCUT2D eigenvalue weighted by Gasteiger charge is 2.36. The summed E-state index contributed by atoms with van der Waals surface area (Å²) in [4.78, 5) is 0. The van der Waals surface area contributed by atoms with Gasteiger partial charge in [-0.2, -0.15) is 0 Å². The number of hydrogen-bond acceptors (Lipinski definition) is 2. The first-order valence-electron chi connectivity index (χ1n) is 11.7. The number of benzene rings is 4. The van der Waals surface area contributed by atoms with E-state index in [4.69, 9.17) is 4.65 Å². The zero-order chi connectivity index (χ0) is 23.9. The van der Waals surface area contributed by atoms with E-state index in [9.17, 15) is 5.11 Å². The summed E-state index contributed by atoms with van der Waals surface area (Å²) >= 11 is 0. The standard InChI is InChI=1S/C30H29BNO2/c1-29(2,33)30(3,4)34-31-25-16-11-17-26-28(25)24-19-18-22(21-12-7-5-8-13-21)20-27(24)32(26)23-14-9-6-10-15-23/h5-20,33H,1-4H3. The Balaban J connectivity index is 1.73. The van der Waals surface area contributed by atoms with Gasteiger partial charge in [0.15, 0.2) is 0 Å². The summed E-state index contributed by atoms with van der Waals surface area (Å²) in [6.45, 7) is 7.35. The molecule has 1 heterocycles. The lowest BCUT2D eigenvalue weighted by Gasteiger charge is -2.37. The van der Waals surface area contributed by atoms with Gasteiger partial charge in [0.25, 0.3) is 0 Å². The van der Waals surface area contributed by atoms with Crippen LogP contribution in [0.2, 0.25) is 0 Å². The molecule has 0 amide bonds. The van der Waals surface area contributed by atoms with Gasteiger partial charge in [0.1, 0.15) is 0 Å². The van der Waals surface area contributed by atoms with E-state index in [1.165, 1.54) is 11.1 Å². The molecular weight excluding hydrogens is 417 g/mol. The highest BCUT2D eigenvalue weighted by molar-refractivity contribution is 6.53. The van der Waals surface area contributed by atoms with E-state index < -0.39 is 11.2 Å². The fourth-order valence-electron chi connectivity index (χ4n) is 4.21. The van der Waals surface area contributed by atoms with Crippen LogP contribution in [-0.4, -0.2) is 28.4 Å². The van der Waals surface area contributed by atoms with Crippen molar-refractivity contribution >= 4 is 34.8 Å². The summed E-state index contributed by atoms with van der Waals surface area (Å²) < 4.78 is 8.48. The molecule has 0 unspecified atom stereocenters. The molecule has 0 aliphatic heterocycles. The summed E-state index contributed by atoms with van der Waals surface area (Å²) in [5, 5.41) is 12.8. The molecule has 169 valence electrons. The van der Waals surface area contributed by atoms with E-state index >= 15 is 0 Å². The Hall–Kier alpha value is -3.34. The van der Waals surface area contributed by atoms with Crippen LogP contribution >= 0.6 is 0 Å². The molecule has 3 nitrogen and oxygen atoms in total. The Morgan fingerprint density at radius 3 is 2.06 bits per heavy atom. The third-order valence-corrected chi connectivity index (χ3v) is 6.90. The van der Waals surface area contributed by atoms with Crippen molar-refractivity contribution in [1.82, 2.24) is 4.57 Å². The Morgan fingerprint density at radius 1 is 0.706 bits per heavy atom. The summed E-state index contributed by atoms with van der Waals surface area (Å²) in [5.41, 5.74) is 5.00. The normalized spacial score (nSPS) is 12.4. The molecule has 1 radical (unpaired) electrons. The third kappa shape index (κ3) is 3.94. The SMILES string of the molecule is CC(C)(O)C(C)(C)O[B]c1cccc2c1c1ccc(-c3ccccc3)cc1n2-c1ccccc1. The summed E-state index contributed by atoms with van der Waals surface area (Å²) in [6, 6.07) is 33.9. The molecule has 0 aliphatic carbocycles. The molecule has 1 aromatic heterocycles. The lowest BCUT2D eigenvalue weighted by atomic mass is 9.80. The second-order valence-electron chi connectivity index (χ2n) is 9.82. The third-order valence-electron chi connectivity index (χ3n) is 6.90. The maximum atomic E-state index is 10.6. The van der Waals surface area contributed by atoms with Crippen molar-refractivity contribution in [1.29, 1.82) is 0 Å². The summed E-state index contributed by atoms with van der Waals surface area (Å²) in [5.74, 6) is 0. The van der Waals surface area contributed by atoms with Crippen LogP contribution in [0.1, 0.15) is 27.7 Å². The molecule has 4 heteroatoms. The average molecular weight is 446 g/mol. The highest BCUT2D eigenvalue weighted by atomic mass is 16.5. The molecule has 0 atom stereocenters. The number of aromatic nitrogens is 1. The first-order valence-corrected chi connectivity index (χ1v) is 11.7. The molecule has 0 saturated heterocycles. The van der Waals surface area contributed by atoms with Crippen molar-refractivity contribution in [2.24, 2.45) is 0 Å². The first-order chi connectivity index (χ1) is 16.3. The summed E-state index contributed by atoms with van der Waals surface area (Å²) in [6.07, 6.45) is 0. The van der Waals surface area contributed by atoms with Gasteiger partial charge >= 0.3 is 7.48 Å². The van der Waals surface area contributed by atoms with E-state index in [-0.39, 0.29) is 0 Å². The van der Waals surface area contributed by atoms with Crippen molar-refractivity contribution in [2.75, 3.05) is 0 Å². The van der Waals surface area contributed by atoms with Crippen LogP contribution in [0.15, 0.2) is 97.1 Å². The minimum atomic E-state index is -0.986. The average Bonchev–Trinajstić information content (AvgIpc) is 3.17. The van der Waals surface area contributed by atoms with Crippen LogP contribution in [0.25, 0.3) is 38.6 Å². The van der Waals surface area contributed by atoms with Gasteiger partial charge in [0.05, 0.1) is 22.2 Å². The predicted molar refractivity (Wildman–Crippen MR) is 143 cm³/mol. The number of rotatable bonds is 6. The largest absolute Gasteiger partial charge is 0.427 e. The van der Waals surface area contributed by atoms with Crippen LogP contribution < -0.4 is 5.46 Å². The van der Waals surface area contributed by atoms with Crippen molar-refractivity contribution < 1.29 is 9.76 Å². The molecule has 0 spiro atoms. The van der Waals surface area contributed by atoms with Crippen LogP contribution in [0.3, 0.4) is 0 Å². The van der Waals surface area contributed by atoms with E-state index in [2.05, 4.69) is 89.5 Å². The van der Waals surface area contributed by atoms with Gasteiger partial charge in [-0.1, -0.05) is 72.8 Å². The number of para-hydroxylation sites is 1. The number of nitrogens with zero attached hydrogens (tertiary/aromatic N) is 1. The lowest BCUT2D eigenvalue weighted by Crippen LogP contribution is -2.49. The number of hydrogen-bond donors (Lipinski definition) is 1. The molecule has 0 bridgehead atoms. The minimum Gasteiger partial charge on any atom is -0.427 e. The molecule has 0 saturated carbocycles. The molecule has 5 rings (SSSR count). The van der Waals surface area contributed by atoms with Gasteiger partial charge in [0.2, 0.25) is 0 Å². The maximum absolute atomic E-state index is 10.6. The van der Waals surface area contributed by atoms with Crippen molar-refractivity contribution in [3.05, 3.63) is 97.1 Å². The van der Waals surface area contributed by atoms with Crippen molar-refractivity contribution in [2.45, 2.75) is 38.9 Å². The van der Waals surface area contributed by atoms with E-state index in [0.717, 1.165) is 33.0 Å². The zero-order valence-corrected chi connectivity index (χ0v) is 20.1. The van der Waals surface area contributed by atoms with Crippen LogP contribution in [0, 0.1) is 0 Å². The molecular formula is C30H29BNO2. The molecule has 34 heavy (non-hydrogen) atoms. The smallest absolute Gasteiger partial charge is 0.331 e. The number of fused-ring (bicyclic) bond motifs is 3. The Kier molecular flexibility index (Phi) is 5.59. The molecule has 0 fully saturated rings. The van der Waals surface area contributed by atoms with E-state index in [0.29, 0.717) is 0 Å². The second-order valence-corrected chi connectivity index (χ2v) is 9.82. The Morgan fingerprint density at radius 2 is 1.38 bits per heavy atom. The maximum Gasteiger partial charge on any atom is 0.331 e. The summed E-state index contributed by atoms with van der Waals surface area (Å²) in [7, 11) is 1.79. The fraction of sp³-hybridized carbons (Fsp3) is 0.200. The van der Waals surface area contributed by atoms with Crippen LogP contribution in [0.4, 0.5) is 0 Å². The fourth-order valence-corrected chi connectivity index (χ4v) is 4.21. The first kappa shape index (κ1) is 22.5. The second kappa shape index (κ2) is 8.46. The van der Waals surface area contributed by atoms with Crippen LogP contribution in [0.5, 0.6) is 0 Å². The molecule has 1 N–H and O–H groups in total. The van der Waals surface area contributed by atoms with Crippen molar-refractivity contribution in [3.63, 3.8) is 0 Å². The van der Waals surface area contributed by atoms with Gasteiger partial charge in [-0.3, -0.25) is 0 Å². The van der Waals surface area contributed by atoms with Crippen LogP contribution in [-0.2, 0) is 4.65 Å². The molecule has 0 aliphatic rings. The zero-order valence-electron chi connectivity index (χ0n) is 20.1. The quantitative estimate of drug-likeness (QED) is 0.313. The van der Waals surface area contributed by atoms with Crippen molar-refractivity contribution in [3.8, 4) is 16.8 Å². The lowest BCUT2D eigenvalue weighted by molar-refractivity contribution is -0.0893. The molecule has 5 aromatic rings. The van der Waals surface area contributed by atoms with E-state index in [1.807, 2.05) is 26.0 Å². The molecule has 4 aromatic carbocycles. The van der Waals surface area contributed by atoms with Gasteiger partial charge in [0, 0.05) is 16.5 Å². The Bertz CT molecular complexity index is 1450. The van der Waals surface area contributed by atoms with E-state index in [1.54, 1.807) is 21.3 Å². The highest BCUT2D eigenvalue weighted by Crippen LogP contribution is 2.34. The van der Waals surface area contributed by atoms with Gasteiger partial charge in [-0.25, -0.2) is 0 Å². The minimum absolute atomic E-state index is 0.743. The monoisotopic (exact) mass is 446 g/mol. The number of aliphatic hydroxyl groups is 1. The van der Waals surface area contributed by atoms with Gasteiger partial charge in [-0.15, -0.1) is 0 Å². The van der Waals surface area contributed by atoms with Gasteiger partial charge < -0.3 is 14.3 Å². The predicted octanol–water partition coefficient (Wildman–Crippen LogP) is 6.26. The van der Waals surface area contributed by atoms with Gasteiger partial charge in [-0.05, 0) is 68.6 Å². The Labute approximate surface area is 201 Å². The topological polar surface area (TPSA) is 34.4 Å².